The number of aromatic nitrogens is 1. The summed E-state index contributed by atoms with van der Waals surface area (Å²) in [6.07, 6.45) is 4.27. The van der Waals surface area contributed by atoms with Gasteiger partial charge in [-0.1, -0.05) is 12.1 Å². The molecule has 0 atom stereocenters. The van der Waals surface area contributed by atoms with Crippen LogP contribution in [0.25, 0.3) is 0 Å². The third-order valence-electron chi connectivity index (χ3n) is 2.91. The minimum absolute atomic E-state index is 0.0466. The van der Waals surface area contributed by atoms with Crippen molar-refractivity contribution < 1.29 is 9.53 Å². The zero-order valence-corrected chi connectivity index (χ0v) is 12.7. The van der Waals surface area contributed by atoms with Gasteiger partial charge >= 0.3 is 0 Å². The van der Waals surface area contributed by atoms with E-state index in [1.165, 1.54) is 17.3 Å². The zero-order chi connectivity index (χ0) is 14.9. The van der Waals surface area contributed by atoms with E-state index in [2.05, 4.69) is 10.3 Å². The number of hydrogen-bond donors (Lipinski definition) is 1. The van der Waals surface area contributed by atoms with Gasteiger partial charge in [0.1, 0.15) is 5.75 Å². The Hall–Kier alpha value is -2.01. The number of hydrogen-bond acceptors (Lipinski definition) is 4. The normalized spacial score (nSPS) is 10.1. The monoisotopic (exact) mass is 302 g/mol. The van der Waals surface area contributed by atoms with E-state index in [0.29, 0.717) is 12.3 Å². The summed E-state index contributed by atoms with van der Waals surface area (Å²) in [5, 5.41) is 2.92. The third kappa shape index (κ3) is 5.47. The fourth-order valence-corrected chi connectivity index (χ4v) is 2.49. The van der Waals surface area contributed by atoms with E-state index in [1.54, 1.807) is 19.5 Å². The molecule has 1 N–H and O–H groups in total. The molecule has 1 aromatic carbocycles. The number of rotatable bonds is 7. The molecule has 0 spiro atoms. The van der Waals surface area contributed by atoms with Gasteiger partial charge in [0, 0.05) is 23.8 Å². The van der Waals surface area contributed by atoms with Crippen LogP contribution in [-0.2, 0) is 11.2 Å². The molecular weight excluding hydrogens is 284 g/mol. The van der Waals surface area contributed by atoms with Crippen molar-refractivity contribution in [2.75, 3.05) is 19.4 Å². The van der Waals surface area contributed by atoms with E-state index < -0.39 is 0 Å². The molecule has 0 aliphatic rings. The molecule has 4 nitrogen and oxygen atoms in total. The number of carbonyl (C=O) groups is 1. The van der Waals surface area contributed by atoms with Crippen molar-refractivity contribution in [3.63, 3.8) is 0 Å². The van der Waals surface area contributed by atoms with Gasteiger partial charge in [-0.2, -0.15) is 0 Å². The highest BCUT2D eigenvalue weighted by molar-refractivity contribution is 8.00. The highest BCUT2D eigenvalue weighted by atomic mass is 32.2. The summed E-state index contributed by atoms with van der Waals surface area (Å²) in [6, 6.07) is 11.7. The molecule has 0 bridgehead atoms. The molecule has 0 saturated carbocycles. The van der Waals surface area contributed by atoms with Gasteiger partial charge in [0.15, 0.2) is 0 Å². The Kier molecular flexibility index (Phi) is 6.09. The average Bonchev–Trinajstić information content (AvgIpc) is 2.54. The van der Waals surface area contributed by atoms with Gasteiger partial charge in [-0.05, 0) is 36.2 Å². The van der Waals surface area contributed by atoms with Crippen molar-refractivity contribution in [2.45, 2.75) is 11.3 Å². The zero-order valence-electron chi connectivity index (χ0n) is 11.9. The van der Waals surface area contributed by atoms with Crippen LogP contribution in [-0.4, -0.2) is 30.3 Å². The topological polar surface area (TPSA) is 51.2 Å². The second-order valence-corrected chi connectivity index (χ2v) is 5.47. The van der Waals surface area contributed by atoms with Crippen LogP contribution in [0.2, 0.25) is 0 Å². The number of amides is 1. The first kappa shape index (κ1) is 15.4. The molecule has 0 aliphatic carbocycles. The van der Waals surface area contributed by atoms with Crippen LogP contribution in [0, 0.1) is 0 Å². The van der Waals surface area contributed by atoms with Crippen LogP contribution in [0.3, 0.4) is 0 Å². The summed E-state index contributed by atoms with van der Waals surface area (Å²) in [5.74, 6) is 1.31. The minimum Gasteiger partial charge on any atom is -0.497 e. The Morgan fingerprint density at radius 1 is 1.19 bits per heavy atom. The molecule has 2 aromatic rings. The van der Waals surface area contributed by atoms with Crippen LogP contribution in [0.15, 0.2) is 53.7 Å². The van der Waals surface area contributed by atoms with Gasteiger partial charge in [-0.3, -0.25) is 9.78 Å². The second kappa shape index (κ2) is 8.32. The van der Waals surface area contributed by atoms with Gasteiger partial charge in [-0.25, -0.2) is 0 Å². The summed E-state index contributed by atoms with van der Waals surface area (Å²) >= 11 is 1.51. The second-order valence-electron chi connectivity index (χ2n) is 4.42. The molecule has 1 heterocycles. The van der Waals surface area contributed by atoms with Crippen LogP contribution >= 0.6 is 11.8 Å². The van der Waals surface area contributed by atoms with Crippen molar-refractivity contribution in [1.82, 2.24) is 10.3 Å². The molecular formula is C16H18N2O2S. The maximum Gasteiger partial charge on any atom is 0.230 e. The largest absolute Gasteiger partial charge is 0.497 e. The Morgan fingerprint density at radius 2 is 1.90 bits per heavy atom. The lowest BCUT2D eigenvalue weighted by molar-refractivity contribution is -0.118. The van der Waals surface area contributed by atoms with Crippen molar-refractivity contribution in [3.05, 3.63) is 54.4 Å². The molecule has 0 unspecified atom stereocenters. The number of pyridine rings is 1. The maximum atomic E-state index is 11.7. The number of ether oxygens (including phenoxy) is 1. The highest BCUT2D eigenvalue weighted by Crippen LogP contribution is 2.15. The molecule has 0 fully saturated rings. The van der Waals surface area contributed by atoms with Crippen LogP contribution in [0.5, 0.6) is 5.75 Å². The average molecular weight is 302 g/mol. The van der Waals surface area contributed by atoms with Crippen LogP contribution < -0.4 is 10.1 Å². The molecule has 1 aromatic heterocycles. The fourth-order valence-electron chi connectivity index (χ4n) is 1.77. The van der Waals surface area contributed by atoms with Crippen LogP contribution in [0.4, 0.5) is 0 Å². The van der Waals surface area contributed by atoms with Gasteiger partial charge in [0.05, 0.1) is 12.9 Å². The van der Waals surface area contributed by atoms with Crippen molar-refractivity contribution in [2.24, 2.45) is 0 Å². The molecule has 1 amide bonds. The lowest BCUT2D eigenvalue weighted by Gasteiger charge is -2.06. The van der Waals surface area contributed by atoms with E-state index in [1.807, 2.05) is 36.4 Å². The number of methoxy groups -OCH3 is 1. The predicted molar refractivity (Wildman–Crippen MR) is 84.7 cm³/mol. The number of nitrogens with zero attached hydrogens (tertiary/aromatic N) is 1. The van der Waals surface area contributed by atoms with Gasteiger partial charge in [0.25, 0.3) is 0 Å². The Labute approximate surface area is 128 Å². The van der Waals surface area contributed by atoms with Crippen LogP contribution in [0.1, 0.15) is 5.56 Å². The first-order valence-corrected chi connectivity index (χ1v) is 7.69. The van der Waals surface area contributed by atoms with Crippen molar-refractivity contribution >= 4 is 17.7 Å². The standard InChI is InChI=1S/C16H18N2O2S/c1-20-14-4-2-13(3-5-14)6-11-18-16(19)12-21-15-7-9-17-10-8-15/h2-5,7-10H,6,11-12H2,1H3,(H,18,19). The molecule has 0 saturated heterocycles. The number of benzene rings is 1. The molecule has 5 heteroatoms. The summed E-state index contributed by atoms with van der Waals surface area (Å²) in [7, 11) is 1.65. The summed E-state index contributed by atoms with van der Waals surface area (Å²) in [6.45, 7) is 0.641. The first-order valence-electron chi connectivity index (χ1n) is 6.70. The van der Waals surface area contributed by atoms with E-state index in [9.17, 15) is 4.79 Å². The lowest BCUT2D eigenvalue weighted by atomic mass is 10.1. The summed E-state index contributed by atoms with van der Waals surface area (Å²) in [5.41, 5.74) is 1.18. The van der Waals surface area contributed by atoms with E-state index >= 15 is 0 Å². The summed E-state index contributed by atoms with van der Waals surface area (Å²) in [4.78, 5) is 16.7. The Balaban J connectivity index is 1.66. The Bertz CT molecular complexity index is 558. The quantitative estimate of drug-likeness (QED) is 0.799. The van der Waals surface area contributed by atoms with Crippen molar-refractivity contribution in [1.29, 1.82) is 0 Å². The number of carbonyl (C=O) groups excluding carboxylic acids is 1. The van der Waals surface area contributed by atoms with Crippen molar-refractivity contribution in [3.8, 4) is 5.75 Å². The molecule has 21 heavy (non-hydrogen) atoms. The third-order valence-corrected chi connectivity index (χ3v) is 3.93. The first-order chi connectivity index (χ1) is 10.3. The SMILES string of the molecule is COc1ccc(CCNC(=O)CSc2ccncc2)cc1. The molecule has 2 rings (SSSR count). The number of thioether (sulfide) groups is 1. The predicted octanol–water partition coefficient (Wildman–Crippen LogP) is 2.54. The van der Waals surface area contributed by atoms with Gasteiger partial charge < -0.3 is 10.1 Å². The highest BCUT2D eigenvalue weighted by Gasteiger charge is 2.02. The number of nitrogens with one attached hydrogen (secondary N) is 1. The van der Waals surface area contributed by atoms with E-state index in [4.69, 9.17) is 4.74 Å². The molecule has 0 radical (unpaired) electrons. The van der Waals surface area contributed by atoms with Gasteiger partial charge in [-0.15, -0.1) is 11.8 Å². The van der Waals surface area contributed by atoms with Gasteiger partial charge in [0.2, 0.25) is 5.91 Å². The maximum absolute atomic E-state index is 11.7. The molecule has 110 valence electrons. The molecule has 0 aliphatic heterocycles. The van der Waals surface area contributed by atoms with E-state index in [0.717, 1.165) is 17.1 Å². The fraction of sp³-hybridized carbons (Fsp3) is 0.250. The lowest BCUT2D eigenvalue weighted by Crippen LogP contribution is -2.27. The van der Waals surface area contributed by atoms with E-state index in [-0.39, 0.29) is 5.91 Å². The summed E-state index contributed by atoms with van der Waals surface area (Å²) < 4.78 is 5.11. The minimum atomic E-state index is 0.0466. The smallest absolute Gasteiger partial charge is 0.230 e. The Morgan fingerprint density at radius 3 is 2.57 bits per heavy atom.